The van der Waals surface area contributed by atoms with Gasteiger partial charge in [-0.25, -0.2) is 8.42 Å². The molecular weight excluding hydrogens is 426 g/mol. The van der Waals surface area contributed by atoms with Gasteiger partial charge in [0.2, 0.25) is 10.0 Å². The molecule has 0 atom stereocenters. The van der Waals surface area contributed by atoms with E-state index in [0.29, 0.717) is 28.6 Å². The van der Waals surface area contributed by atoms with Crippen LogP contribution in [-0.4, -0.2) is 19.7 Å². The molecule has 4 bridgehead atoms. The van der Waals surface area contributed by atoms with E-state index >= 15 is 0 Å². The molecule has 0 aromatic heterocycles. The standard InChI is InChI=1S/C21H28BrNO3S/c1-21(2,23-27(25,26)19-6-4-3-5-18(19)22)20(24)12-17-15-8-13-7-14(10-15)11-16(17)9-13/h3-6,13-17,23H,7-12H2,1-2H3. The number of nitrogens with one attached hydrogen (secondary N) is 1. The SMILES string of the molecule is CC(C)(NS(=O)(=O)c1ccccc1Br)C(=O)CC1C2CC3CC(C2)CC1C3. The fourth-order valence-corrected chi connectivity index (χ4v) is 8.35. The average molecular weight is 454 g/mol. The Morgan fingerprint density at radius 1 is 1.07 bits per heavy atom. The number of rotatable bonds is 6. The first kappa shape index (κ1) is 19.6. The maximum atomic E-state index is 13.1. The van der Waals surface area contributed by atoms with Gasteiger partial charge in [-0.15, -0.1) is 0 Å². The van der Waals surface area contributed by atoms with E-state index in [0.717, 1.165) is 11.8 Å². The number of hydrogen-bond donors (Lipinski definition) is 1. The Morgan fingerprint density at radius 2 is 1.63 bits per heavy atom. The van der Waals surface area contributed by atoms with Gasteiger partial charge in [0.25, 0.3) is 0 Å². The fourth-order valence-electron chi connectivity index (χ4n) is 5.95. The summed E-state index contributed by atoms with van der Waals surface area (Å²) in [6, 6.07) is 6.69. The third kappa shape index (κ3) is 3.77. The van der Waals surface area contributed by atoms with Gasteiger partial charge in [0.1, 0.15) is 0 Å². The maximum absolute atomic E-state index is 13.1. The Bertz CT molecular complexity index is 821. The number of sulfonamides is 1. The van der Waals surface area contributed by atoms with Gasteiger partial charge in [-0.05, 0) is 104 Å². The Morgan fingerprint density at radius 3 is 2.19 bits per heavy atom. The zero-order valence-corrected chi connectivity index (χ0v) is 18.4. The first-order chi connectivity index (χ1) is 12.7. The third-order valence-corrected chi connectivity index (χ3v) is 9.72. The number of carbonyl (C=O) groups is 1. The van der Waals surface area contributed by atoms with E-state index in [1.165, 1.54) is 32.1 Å². The Kier molecular flexibility index (Phi) is 5.05. The van der Waals surface area contributed by atoms with Gasteiger partial charge in [0.15, 0.2) is 5.78 Å². The highest BCUT2D eigenvalue weighted by atomic mass is 79.9. The van der Waals surface area contributed by atoms with Gasteiger partial charge in [0, 0.05) is 10.9 Å². The van der Waals surface area contributed by atoms with Crippen LogP contribution in [-0.2, 0) is 14.8 Å². The minimum atomic E-state index is -3.77. The first-order valence-electron chi connectivity index (χ1n) is 9.97. The number of Topliss-reactive ketones (excluding diaryl/α,β-unsaturated/α-hetero) is 1. The van der Waals surface area contributed by atoms with Crippen molar-refractivity contribution in [3.63, 3.8) is 0 Å². The zero-order chi connectivity index (χ0) is 19.4. The molecule has 0 heterocycles. The molecule has 27 heavy (non-hydrogen) atoms. The summed E-state index contributed by atoms with van der Waals surface area (Å²) >= 11 is 3.29. The summed E-state index contributed by atoms with van der Waals surface area (Å²) in [7, 11) is -3.77. The van der Waals surface area contributed by atoms with E-state index in [2.05, 4.69) is 20.7 Å². The zero-order valence-electron chi connectivity index (χ0n) is 15.9. The maximum Gasteiger partial charge on any atom is 0.242 e. The monoisotopic (exact) mass is 453 g/mol. The number of benzene rings is 1. The number of hydrogen-bond acceptors (Lipinski definition) is 3. The minimum Gasteiger partial charge on any atom is -0.298 e. The van der Waals surface area contributed by atoms with Crippen molar-refractivity contribution in [1.29, 1.82) is 0 Å². The van der Waals surface area contributed by atoms with E-state index in [-0.39, 0.29) is 10.7 Å². The van der Waals surface area contributed by atoms with Crippen LogP contribution in [0, 0.1) is 29.6 Å². The summed E-state index contributed by atoms with van der Waals surface area (Å²) in [5.74, 6) is 3.54. The molecule has 1 aromatic rings. The second-order valence-electron chi connectivity index (χ2n) is 9.38. The predicted molar refractivity (Wildman–Crippen MR) is 109 cm³/mol. The van der Waals surface area contributed by atoms with E-state index in [9.17, 15) is 13.2 Å². The molecule has 0 saturated heterocycles. The molecule has 0 amide bonds. The highest BCUT2D eigenvalue weighted by molar-refractivity contribution is 9.10. The molecule has 0 radical (unpaired) electrons. The van der Waals surface area contributed by atoms with Crippen molar-refractivity contribution in [2.45, 2.75) is 62.8 Å². The molecule has 4 nitrogen and oxygen atoms in total. The van der Waals surface area contributed by atoms with E-state index in [1.807, 2.05) is 0 Å². The number of ketones is 1. The van der Waals surface area contributed by atoms with Crippen molar-refractivity contribution in [3.8, 4) is 0 Å². The molecule has 4 saturated carbocycles. The summed E-state index contributed by atoms with van der Waals surface area (Å²) in [6.45, 7) is 3.39. The summed E-state index contributed by atoms with van der Waals surface area (Å²) in [5, 5.41) is 0. The summed E-state index contributed by atoms with van der Waals surface area (Å²) < 4.78 is 28.8. The molecule has 148 valence electrons. The molecule has 1 N–H and O–H groups in total. The lowest BCUT2D eigenvalue weighted by molar-refractivity contribution is -0.128. The van der Waals surface area contributed by atoms with Crippen molar-refractivity contribution in [2.75, 3.05) is 0 Å². The molecular formula is C21H28BrNO3S. The highest BCUT2D eigenvalue weighted by Crippen LogP contribution is 2.57. The van der Waals surface area contributed by atoms with Crippen LogP contribution in [0.25, 0.3) is 0 Å². The fraction of sp³-hybridized carbons (Fsp3) is 0.667. The van der Waals surface area contributed by atoms with Crippen LogP contribution in [0.4, 0.5) is 0 Å². The number of halogens is 1. The number of carbonyl (C=O) groups excluding carboxylic acids is 1. The Balaban J connectivity index is 1.47. The third-order valence-electron chi connectivity index (χ3n) is 7.06. The minimum absolute atomic E-state index is 0.00982. The second-order valence-corrected chi connectivity index (χ2v) is 11.9. The molecule has 0 unspecified atom stereocenters. The van der Waals surface area contributed by atoms with Crippen molar-refractivity contribution >= 4 is 31.7 Å². The van der Waals surface area contributed by atoms with Crippen molar-refractivity contribution in [1.82, 2.24) is 4.72 Å². The predicted octanol–water partition coefficient (Wildman–Crippen LogP) is 4.54. The van der Waals surface area contributed by atoms with Gasteiger partial charge in [-0.2, -0.15) is 4.72 Å². The van der Waals surface area contributed by atoms with Crippen molar-refractivity contribution < 1.29 is 13.2 Å². The highest BCUT2D eigenvalue weighted by Gasteiger charge is 2.49. The van der Waals surface area contributed by atoms with Crippen molar-refractivity contribution in [2.24, 2.45) is 29.6 Å². The molecule has 0 spiro atoms. The topological polar surface area (TPSA) is 63.2 Å². The molecule has 4 aliphatic carbocycles. The summed E-state index contributed by atoms with van der Waals surface area (Å²) in [6.07, 6.45) is 6.98. The van der Waals surface area contributed by atoms with Crippen LogP contribution < -0.4 is 4.72 Å². The molecule has 4 aliphatic rings. The van der Waals surface area contributed by atoms with E-state index in [1.54, 1.807) is 38.1 Å². The lowest BCUT2D eigenvalue weighted by atomic mass is 9.51. The van der Waals surface area contributed by atoms with Gasteiger partial charge >= 0.3 is 0 Å². The van der Waals surface area contributed by atoms with E-state index in [4.69, 9.17) is 0 Å². The lowest BCUT2D eigenvalue weighted by Gasteiger charge is -2.54. The quantitative estimate of drug-likeness (QED) is 0.687. The molecule has 4 fully saturated rings. The lowest BCUT2D eigenvalue weighted by Crippen LogP contribution is -2.52. The smallest absolute Gasteiger partial charge is 0.242 e. The van der Waals surface area contributed by atoms with E-state index < -0.39 is 15.6 Å². The Labute approximate surface area is 170 Å². The summed E-state index contributed by atoms with van der Waals surface area (Å²) in [4.78, 5) is 13.3. The van der Waals surface area contributed by atoms with Crippen molar-refractivity contribution in [3.05, 3.63) is 28.7 Å². The van der Waals surface area contributed by atoms with Gasteiger partial charge < -0.3 is 0 Å². The molecule has 0 aliphatic heterocycles. The Hall–Kier alpha value is -0.720. The average Bonchev–Trinajstić information content (AvgIpc) is 2.56. The van der Waals surface area contributed by atoms with Crippen LogP contribution in [0.3, 0.4) is 0 Å². The summed E-state index contributed by atoms with van der Waals surface area (Å²) in [5.41, 5.74) is -1.11. The van der Waals surface area contributed by atoms with Crippen LogP contribution in [0.1, 0.15) is 52.4 Å². The van der Waals surface area contributed by atoms with Gasteiger partial charge in [0.05, 0.1) is 10.4 Å². The van der Waals surface area contributed by atoms with Crippen LogP contribution in [0.5, 0.6) is 0 Å². The molecule has 6 heteroatoms. The normalized spacial score (nSPS) is 32.6. The first-order valence-corrected chi connectivity index (χ1v) is 12.2. The van der Waals surface area contributed by atoms with Crippen LogP contribution >= 0.6 is 15.9 Å². The van der Waals surface area contributed by atoms with Crippen LogP contribution in [0.15, 0.2) is 33.6 Å². The molecule has 1 aromatic carbocycles. The largest absolute Gasteiger partial charge is 0.298 e. The molecule has 5 rings (SSSR count). The second kappa shape index (κ2) is 6.96. The van der Waals surface area contributed by atoms with Gasteiger partial charge in [-0.1, -0.05) is 12.1 Å². The van der Waals surface area contributed by atoms with Gasteiger partial charge in [-0.3, -0.25) is 4.79 Å². The van der Waals surface area contributed by atoms with Crippen LogP contribution in [0.2, 0.25) is 0 Å².